The zero-order valence-corrected chi connectivity index (χ0v) is 11.4. The Bertz CT molecular complexity index is 574. The number of para-hydroxylation sites is 1. The quantitative estimate of drug-likeness (QED) is 0.735. The van der Waals surface area contributed by atoms with E-state index in [2.05, 4.69) is 17.6 Å². The van der Waals surface area contributed by atoms with E-state index in [1.54, 1.807) is 18.2 Å². The van der Waals surface area contributed by atoms with Gasteiger partial charge in [-0.1, -0.05) is 13.0 Å². The van der Waals surface area contributed by atoms with Gasteiger partial charge in [0.15, 0.2) is 0 Å². The minimum Gasteiger partial charge on any atom is -0.478 e. The van der Waals surface area contributed by atoms with Crippen LogP contribution in [0.4, 0.5) is 11.4 Å². The van der Waals surface area contributed by atoms with Crippen molar-refractivity contribution in [2.75, 3.05) is 10.6 Å². The van der Waals surface area contributed by atoms with E-state index in [9.17, 15) is 14.7 Å². The van der Waals surface area contributed by atoms with Crippen molar-refractivity contribution in [2.45, 2.75) is 38.1 Å². The van der Waals surface area contributed by atoms with Crippen molar-refractivity contribution in [3.05, 3.63) is 23.8 Å². The lowest BCUT2D eigenvalue weighted by Gasteiger charge is -2.43. The molecule has 0 radical (unpaired) electrons. The van der Waals surface area contributed by atoms with Crippen LogP contribution in [-0.4, -0.2) is 22.5 Å². The highest BCUT2D eigenvalue weighted by Gasteiger charge is 2.44. The highest BCUT2D eigenvalue weighted by molar-refractivity contribution is 6.10. The number of anilines is 2. The van der Waals surface area contributed by atoms with E-state index in [4.69, 9.17) is 0 Å². The van der Waals surface area contributed by atoms with Crippen molar-refractivity contribution in [1.29, 1.82) is 0 Å². The van der Waals surface area contributed by atoms with Gasteiger partial charge < -0.3 is 15.7 Å². The van der Waals surface area contributed by atoms with Gasteiger partial charge in [0.05, 0.1) is 16.9 Å². The molecule has 1 aromatic carbocycles. The van der Waals surface area contributed by atoms with Gasteiger partial charge in [-0.2, -0.15) is 0 Å². The van der Waals surface area contributed by atoms with E-state index in [0.29, 0.717) is 17.3 Å². The Morgan fingerprint density at radius 1 is 1.35 bits per heavy atom. The molecule has 106 valence electrons. The summed E-state index contributed by atoms with van der Waals surface area (Å²) in [6, 6.07) is 4.93. The van der Waals surface area contributed by atoms with Gasteiger partial charge in [-0.3, -0.25) is 4.79 Å². The molecule has 1 heterocycles. The molecular weight excluding hydrogens is 256 g/mol. The largest absolute Gasteiger partial charge is 0.478 e. The van der Waals surface area contributed by atoms with Gasteiger partial charge in [0.25, 0.3) is 0 Å². The molecule has 2 aliphatic rings. The number of hydrogen-bond donors (Lipinski definition) is 3. The number of aromatic carboxylic acids is 1. The van der Waals surface area contributed by atoms with Crippen LogP contribution in [0.1, 0.15) is 43.0 Å². The Labute approximate surface area is 117 Å². The van der Waals surface area contributed by atoms with Gasteiger partial charge in [-0.05, 0) is 43.7 Å². The SMILES string of the molecule is CC1CCC2(CC1)Nc1c(cccc1C(=O)O)NC2=O. The van der Waals surface area contributed by atoms with Crippen molar-refractivity contribution in [1.82, 2.24) is 0 Å². The van der Waals surface area contributed by atoms with Gasteiger partial charge in [-0.15, -0.1) is 0 Å². The molecule has 1 spiro atoms. The predicted molar refractivity (Wildman–Crippen MR) is 76.0 cm³/mol. The average molecular weight is 274 g/mol. The third kappa shape index (κ3) is 1.94. The number of carboxylic acids is 1. The summed E-state index contributed by atoms with van der Waals surface area (Å²) in [4.78, 5) is 23.7. The Balaban J connectivity index is 2.00. The first-order valence-electron chi connectivity index (χ1n) is 6.98. The molecule has 0 atom stereocenters. The van der Waals surface area contributed by atoms with Crippen molar-refractivity contribution in [2.24, 2.45) is 5.92 Å². The Kier molecular flexibility index (Phi) is 2.92. The maximum Gasteiger partial charge on any atom is 0.337 e. The van der Waals surface area contributed by atoms with E-state index in [1.807, 2.05) is 0 Å². The molecule has 3 rings (SSSR count). The molecule has 0 aromatic heterocycles. The summed E-state index contributed by atoms with van der Waals surface area (Å²) in [5.41, 5.74) is 0.652. The smallest absolute Gasteiger partial charge is 0.337 e. The molecular formula is C15H18N2O3. The summed E-state index contributed by atoms with van der Waals surface area (Å²) in [5.74, 6) is -0.407. The number of carbonyl (C=O) groups excluding carboxylic acids is 1. The molecule has 5 heteroatoms. The second kappa shape index (κ2) is 4.51. The molecule has 1 aromatic rings. The van der Waals surface area contributed by atoms with Crippen LogP contribution in [0.3, 0.4) is 0 Å². The number of hydrogen-bond acceptors (Lipinski definition) is 3. The number of amides is 1. The highest BCUT2D eigenvalue weighted by Crippen LogP contribution is 2.41. The second-order valence-corrected chi connectivity index (χ2v) is 5.88. The summed E-state index contributed by atoms with van der Waals surface area (Å²) < 4.78 is 0. The van der Waals surface area contributed by atoms with Crippen molar-refractivity contribution >= 4 is 23.3 Å². The molecule has 1 fully saturated rings. The number of rotatable bonds is 1. The van der Waals surface area contributed by atoms with E-state index >= 15 is 0 Å². The number of fused-ring (bicyclic) bond motifs is 1. The van der Waals surface area contributed by atoms with Crippen LogP contribution in [0, 0.1) is 5.92 Å². The van der Waals surface area contributed by atoms with Gasteiger partial charge in [-0.25, -0.2) is 4.79 Å². The second-order valence-electron chi connectivity index (χ2n) is 5.88. The van der Waals surface area contributed by atoms with Crippen LogP contribution in [-0.2, 0) is 4.79 Å². The van der Waals surface area contributed by atoms with Crippen LogP contribution < -0.4 is 10.6 Å². The number of carbonyl (C=O) groups is 2. The Morgan fingerprint density at radius 2 is 2.05 bits per heavy atom. The van der Waals surface area contributed by atoms with Crippen molar-refractivity contribution in [3.8, 4) is 0 Å². The summed E-state index contributed by atoms with van der Waals surface area (Å²) in [6.45, 7) is 2.18. The van der Waals surface area contributed by atoms with Gasteiger partial charge in [0.2, 0.25) is 5.91 Å². The zero-order chi connectivity index (χ0) is 14.3. The summed E-state index contributed by atoms with van der Waals surface area (Å²) in [5, 5.41) is 15.4. The van der Waals surface area contributed by atoms with E-state index < -0.39 is 11.5 Å². The fourth-order valence-corrected chi connectivity index (χ4v) is 3.11. The van der Waals surface area contributed by atoms with Crippen molar-refractivity contribution in [3.63, 3.8) is 0 Å². The number of nitrogens with one attached hydrogen (secondary N) is 2. The lowest BCUT2D eigenvalue weighted by Crippen LogP contribution is -2.54. The first-order chi connectivity index (χ1) is 9.52. The third-order valence-corrected chi connectivity index (χ3v) is 4.47. The fourth-order valence-electron chi connectivity index (χ4n) is 3.11. The van der Waals surface area contributed by atoms with Crippen LogP contribution in [0.15, 0.2) is 18.2 Å². The molecule has 1 saturated carbocycles. The molecule has 1 aliphatic carbocycles. The molecule has 0 bridgehead atoms. The number of benzene rings is 1. The minimum absolute atomic E-state index is 0.0422. The van der Waals surface area contributed by atoms with Crippen molar-refractivity contribution < 1.29 is 14.7 Å². The highest BCUT2D eigenvalue weighted by atomic mass is 16.4. The van der Waals surface area contributed by atoms with Gasteiger partial charge >= 0.3 is 5.97 Å². The van der Waals surface area contributed by atoms with Gasteiger partial charge in [0.1, 0.15) is 5.54 Å². The summed E-state index contributed by atoms with van der Waals surface area (Å²) in [6.07, 6.45) is 3.44. The first kappa shape index (κ1) is 13.0. The molecule has 1 aliphatic heterocycles. The molecule has 20 heavy (non-hydrogen) atoms. The van der Waals surface area contributed by atoms with Crippen LogP contribution in [0.5, 0.6) is 0 Å². The molecule has 5 nitrogen and oxygen atoms in total. The third-order valence-electron chi connectivity index (χ3n) is 4.47. The molecule has 0 unspecified atom stereocenters. The van der Waals surface area contributed by atoms with Gasteiger partial charge in [0, 0.05) is 0 Å². The van der Waals surface area contributed by atoms with Crippen LogP contribution >= 0.6 is 0 Å². The maximum atomic E-state index is 12.4. The first-order valence-corrected chi connectivity index (χ1v) is 6.98. The van der Waals surface area contributed by atoms with E-state index in [1.165, 1.54) is 0 Å². The number of carboxylic acid groups (broad SMARTS) is 1. The molecule has 3 N–H and O–H groups in total. The lowest BCUT2D eigenvalue weighted by atomic mass is 9.75. The van der Waals surface area contributed by atoms with Crippen LogP contribution in [0.2, 0.25) is 0 Å². The van der Waals surface area contributed by atoms with E-state index in [0.717, 1.165) is 25.7 Å². The average Bonchev–Trinajstić information content (AvgIpc) is 2.42. The Morgan fingerprint density at radius 3 is 2.70 bits per heavy atom. The monoisotopic (exact) mass is 274 g/mol. The Hall–Kier alpha value is -2.04. The summed E-state index contributed by atoms with van der Waals surface area (Å²) in [7, 11) is 0. The van der Waals surface area contributed by atoms with Crippen LogP contribution in [0.25, 0.3) is 0 Å². The molecule has 1 amide bonds. The topological polar surface area (TPSA) is 78.4 Å². The lowest BCUT2D eigenvalue weighted by molar-refractivity contribution is -0.121. The standard InChI is InChI=1S/C15H18N2O3/c1-9-5-7-15(8-6-9)14(20)16-11-4-2-3-10(13(18)19)12(11)17-15/h2-4,9,17H,5-8H2,1H3,(H,16,20)(H,18,19). The fraction of sp³-hybridized carbons (Fsp3) is 0.467. The maximum absolute atomic E-state index is 12.4. The zero-order valence-electron chi connectivity index (χ0n) is 11.4. The molecule has 0 saturated heterocycles. The normalized spacial score (nSPS) is 28.4. The minimum atomic E-state index is -0.982. The van der Waals surface area contributed by atoms with E-state index in [-0.39, 0.29) is 11.5 Å². The predicted octanol–water partition coefficient (Wildman–Crippen LogP) is 2.70. The summed E-state index contributed by atoms with van der Waals surface area (Å²) >= 11 is 0.